The fraction of sp³-hybridized carbons (Fsp3) is 0.0870. The first-order valence-corrected chi connectivity index (χ1v) is 9.28. The maximum Gasteiger partial charge on any atom is 0.260 e. The molecule has 0 saturated heterocycles. The van der Waals surface area contributed by atoms with Crippen LogP contribution in [0.3, 0.4) is 0 Å². The van der Waals surface area contributed by atoms with Crippen LogP contribution in [0.4, 0.5) is 14.6 Å². The molecule has 0 aliphatic rings. The molecule has 0 unspecified atom stereocenters. The van der Waals surface area contributed by atoms with E-state index in [1.54, 1.807) is 61.8 Å². The SMILES string of the molecule is Cc1cccc(F)c1C(=O)Nc1ccc(-c2cn(-c3ccccc3F)nc2C)cn1. The van der Waals surface area contributed by atoms with Crippen LogP contribution in [-0.2, 0) is 0 Å². The van der Waals surface area contributed by atoms with Crippen molar-refractivity contribution in [1.29, 1.82) is 0 Å². The van der Waals surface area contributed by atoms with Crippen LogP contribution in [-0.4, -0.2) is 20.7 Å². The van der Waals surface area contributed by atoms with Gasteiger partial charge in [0.2, 0.25) is 0 Å². The van der Waals surface area contributed by atoms with Gasteiger partial charge in [0.25, 0.3) is 5.91 Å². The van der Waals surface area contributed by atoms with Crippen LogP contribution in [0.25, 0.3) is 16.8 Å². The number of halogens is 2. The summed E-state index contributed by atoms with van der Waals surface area (Å²) < 4.78 is 29.5. The number of nitrogens with one attached hydrogen (secondary N) is 1. The molecule has 2 heterocycles. The topological polar surface area (TPSA) is 59.8 Å². The fourth-order valence-electron chi connectivity index (χ4n) is 3.23. The van der Waals surface area contributed by atoms with Gasteiger partial charge in [-0.25, -0.2) is 18.4 Å². The van der Waals surface area contributed by atoms with Crippen molar-refractivity contribution in [3.63, 3.8) is 0 Å². The van der Waals surface area contributed by atoms with Crippen molar-refractivity contribution in [3.8, 4) is 16.8 Å². The van der Waals surface area contributed by atoms with E-state index in [2.05, 4.69) is 15.4 Å². The number of nitrogens with zero attached hydrogens (tertiary/aromatic N) is 3. The first-order chi connectivity index (χ1) is 14.4. The second-order valence-corrected chi connectivity index (χ2v) is 6.84. The van der Waals surface area contributed by atoms with E-state index in [9.17, 15) is 13.6 Å². The summed E-state index contributed by atoms with van der Waals surface area (Å²) in [6.45, 7) is 3.49. The Morgan fingerprint density at radius 1 is 0.967 bits per heavy atom. The van der Waals surface area contributed by atoms with Crippen LogP contribution in [0.5, 0.6) is 0 Å². The third-order valence-electron chi connectivity index (χ3n) is 4.76. The summed E-state index contributed by atoms with van der Waals surface area (Å²) in [6.07, 6.45) is 3.31. The number of rotatable bonds is 4. The van der Waals surface area contributed by atoms with Gasteiger partial charge in [0, 0.05) is 23.5 Å². The lowest BCUT2D eigenvalue weighted by molar-refractivity contribution is 0.102. The zero-order valence-corrected chi connectivity index (χ0v) is 16.4. The molecule has 4 aromatic rings. The maximum atomic E-state index is 14.0. The van der Waals surface area contributed by atoms with E-state index in [4.69, 9.17) is 0 Å². The predicted octanol–water partition coefficient (Wildman–Crippen LogP) is 5.08. The lowest BCUT2D eigenvalue weighted by Crippen LogP contribution is -2.16. The Bertz CT molecular complexity index is 1210. The van der Waals surface area contributed by atoms with Gasteiger partial charge >= 0.3 is 0 Å². The van der Waals surface area contributed by atoms with Gasteiger partial charge in [-0.15, -0.1) is 0 Å². The zero-order valence-electron chi connectivity index (χ0n) is 16.4. The van der Waals surface area contributed by atoms with Gasteiger partial charge in [0.05, 0.1) is 11.3 Å². The van der Waals surface area contributed by atoms with E-state index in [1.807, 2.05) is 6.92 Å². The number of carbonyl (C=O) groups is 1. The molecule has 30 heavy (non-hydrogen) atoms. The molecule has 0 fully saturated rings. The number of pyridine rings is 1. The van der Waals surface area contributed by atoms with E-state index in [1.165, 1.54) is 16.8 Å². The van der Waals surface area contributed by atoms with Crippen LogP contribution in [0.1, 0.15) is 21.6 Å². The monoisotopic (exact) mass is 404 g/mol. The van der Waals surface area contributed by atoms with Crippen molar-refractivity contribution >= 4 is 11.7 Å². The average molecular weight is 404 g/mol. The van der Waals surface area contributed by atoms with Crippen molar-refractivity contribution in [2.24, 2.45) is 0 Å². The number of hydrogen-bond donors (Lipinski definition) is 1. The van der Waals surface area contributed by atoms with Crippen LogP contribution < -0.4 is 5.32 Å². The third-order valence-corrected chi connectivity index (χ3v) is 4.76. The number of benzene rings is 2. The number of aromatic nitrogens is 3. The van der Waals surface area contributed by atoms with Gasteiger partial charge in [-0.3, -0.25) is 4.79 Å². The minimum absolute atomic E-state index is 0.00890. The van der Waals surface area contributed by atoms with Gasteiger partial charge in [0.1, 0.15) is 23.1 Å². The zero-order chi connectivity index (χ0) is 21.3. The van der Waals surface area contributed by atoms with Crippen LogP contribution >= 0.6 is 0 Å². The molecule has 0 bridgehead atoms. The minimum Gasteiger partial charge on any atom is -0.306 e. The standard InChI is InChI=1S/C23H18F2N4O/c1-14-6-5-8-19(25)22(14)23(30)27-21-11-10-16(12-26-21)17-13-29(28-15(17)2)20-9-4-3-7-18(20)24/h3-13H,1-2H3,(H,26,27,30). The Morgan fingerprint density at radius 3 is 2.43 bits per heavy atom. The van der Waals surface area contributed by atoms with Gasteiger partial charge in [-0.05, 0) is 49.7 Å². The summed E-state index contributed by atoms with van der Waals surface area (Å²) in [5, 5.41) is 7.00. The molecule has 0 aliphatic heterocycles. The summed E-state index contributed by atoms with van der Waals surface area (Å²) in [4.78, 5) is 16.7. The highest BCUT2D eigenvalue weighted by molar-refractivity contribution is 6.05. The van der Waals surface area contributed by atoms with E-state index in [0.29, 0.717) is 22.8 Å². The van der Waals surface area contributed by atoms with Gasteiger partial charge in [-0.1, -0.05) is 24.3 Å². The predicted molar refractivity (Wildman–Crippen MR) is 111 cm³/mol. The Hall–Kier alpha value is -3.87. The second kappa shape index (κ2) is 7.87. The van der Waals surface area contributed by atoms with Crippen LogP contribution in [0.15, 0.2) is 67.0 Å². The highest BCUT2D eigenvalue weighted by Gasteiger charge is 2.16. The smallest absolute Gasteiger partial charge is 0.260 e. The molecule has 2 aromatic heterocycles. The molecule has 150 valence electrons. The molecule has 2 aromatic carbocycles. The number of anilines is 1. The second-order valence-electron chi connectivity index (χ2n) is 6.84. The molecule has 0 aliphatic carbocycles. The Kier molecular flexibility index (Phi) is 5.10. The highest BCUT2D eigenvalue weighted by Crippen LogP contribution is 2.25. The quantitative estimate of drug-likeness (QED) is 0.516. The number of aryl methyl sites for hydroxylation is 2. The van der Waals surface area contributed by atoms with Gasteiger partial charge < -0.3 is 5.32 Å². The van der Waals surface area contributed by atoms with Gasteiger partial charge in [-0.2, -0.15) is 5.10 Å². The molecule has 5 nitrogen and oxygen atoms in total. The Labute approximate surface area is 172 Å². The van der Waals surface area contributed by atoms with Gasteiger partial charge in [0.15, 0.2) is 0 Å². The minimum atomic E-state index is -0.583. The Morgan fingerprint density at radius 2 is 1.73 bits per heavy atom. The van der Waals surface area contributed by atoms with Crippen molar-refractivity contribution in [2.45, 2.75) is 13.8 Å². The summed E-state index contributed by atoms with van der Waals surface area (Å²) in [6, 6.07) is 14.3. The van der Waals surface area contributed by atoms with Crippen molar-refractivity contribution in [2.75, 3.05) is 5.32 Å². The van der Waals surface area contributed by atoms with Crippen LogP contribution in [0, 0.1) is 25.5 Å². The first-order valence-electron chi connectivity index (χ1n) is 9.28. The molecule has 1 N–H and O–H groups in total. The molecule has 0 spiro atoms. The number of carbonyl (C=O) groups excluding carboxylic acids is 1. The molecule has 7 heteroatoms. The third kappa shape index (κ3) is 3.69. The molecule has 0 atom stereocenters. The normalized spacial score (nSPS) is 10.8. The van der Waals surface area contributed by atoms with Crippen molar-refractivity contribution in [3.05, 3.63) is 95.4 Å². The Balaban J connectivity index is 1.57. The fourth-order valence-corrected chi connectivity index (χ4v) is 3.23. The van der Waals surface area contributed by atoms with Crippen molar-refractivity contribution in [1.82, 2.24) is 14.8 Å². The first kappa shape index (κ1) is 19.4. The average Bonchev–Trinajstić information content (AvgIpc) is 3.10. The number of para-hydroxylation sites is 1. The van der Waals surface area contributed by atoms with E-state index >= 15 is 0 Å². The molecular weight excluding hydrogens is 386 g/mol. The van der Waals surface area contributed by atoms with E-state index < -0.39 is 11.7 Å². The highest BCUT2D eigenvalue weighted by atomic mass is 19.1. The lowest BCUT2D eigenvalue weighted by atomic mass is 10.1. The summed E-state index contributed by atoms with van der Waals surface area (Å²) in [5.74, 6) is -1.22. The van der Waals surface area contributed by atoms with Crippen LogP contribution in [0.2, 0.25) is 0 Å². The largest absolute Gasteiger partial charge is 0.306 e. The molecular formula is C23H18F2N4O. The molecule has 1 amide bonds. The molecule has 0 radical (unpaired) electrons. The molecule has 0 saturated carbocycles. The summed E-state index contributed by atoms with van der Waals surface area (Å²) >= 11 is 0. The summed E-state index contributed by atoms with van der Waals surface area (Å²) in [7, 11) is 0. The van der Waals surface area contributed by atoms with Crippen molar-refractivity contribution < 1.29 is 13.6 Å². The lowest BCUT2D eigenvalue weighted by Gasteiger charge is -2.08. The summed E-state index contributed by atoms with van der Waals surface area (Å²) in [5.41, 5.74) is 3.14. The maximum absolute atomic E-state index is 14.0. The number of amides is 1. The number of hydrogen-bond acceptors (Lipinski definition) is 3. The van der Waals surface area contributed by atoms with E-state index in [0.717, 1.165) is 11.1 Å². The van der Waals surface area contributed by atoms with E-state index in [-0.39, 0.29) is 11.4 Å². The molecule has 4 rings (SSSR count).